The predicted molar refractivity (Wildman–Crippen MR) is 73.5 cm³/mol. The van der Waals surface area contributed by atoms with E-state index in [2.05, 4.69) is 21.2 Å². The van der Waals surface area contributed by atoms with E-state index >= 15 is 0 Å². The van der Waals surface area contributed by atoms with Crippen molar-refractivity contribution in [1.29, 1.82) is 0 Å². The second kappa shape index (κ2) is 5.67. The highest BCUT2D eigenvalue weighted by atomic mass is 79.9. The van der Waals surface area contributed by atoms with Crippen LogP contribution in [0.2, 0.25) is 5.02 Å². The van der Waals surface area contributed by atoms with E-state index in [0.29, 0.717) is 15.1 Å². The Labute approximate surface area is 121 Å². The monoisotopic (exact) mass is 345 g/mol. The van der Waals surface area contributed by atoms with E-state index in [-0.39, 0.29) is 5.69 Å². The Balaban J connectivity index is 2.20. The fourth-order valence-corrected chi connectivity index (χ4v) is 1.84. The first-order valence-corrected chi connectivity index (χ1v) is 6.36. The topological polar surface area (TPSA) is 29.1 Å². The van der Waals surface area contributed by atoms with Crippen LogP contribution in [0.25, 0.3) is 0 Å². The van der Waals surface area contributed by atoms with Gasteiger partial charge in [0.2, 0.25) is 0 Å². The molecule has 0 aliphatic heterocycles. The maximum absolute atomic E-state index is 13.0. The summed E-state index contributed by atoms with van der Waals surface area (Å²) in [6.45, 7) is 0. The normalized spacial score (nSPS) is 10.3. The van der Waals surface area contributed by atoms with Crippen molar-refractivity contribution in [2.24, 2.45) is 0 Å². The summed E-state index contributed by atoms with van der Waals surface area (Å²) >= 11 is 9.08. The molecule has 0 radical (unpaired) electrons. The Morgan fingerprint density at radius 3 is 2.47 bits per heavy atom. The minimum Gasteiger partial charge on any atom is -0.322 e. The molecular formula is C13H7BrClF2NO. The first-order chi connectivity index (χ1) is 8.97. The van der Waals surface area contributed by atoms with Crippen LogP contribution in [0, 0.1) is 11.6 Å². The van der Waals surface area contributed by atoms with Crippen LogP contribution in [-0.4, -0.2) is 5.91 Å². The summed E-state index contributed by atoms with van der Waals surface area (Å²) in [6.07, 6.45) is 0. The summed E-state index contributed by atoms with van der Waals surface area (Å²) < 4.78 is 26.4. The Morgan fingerprint density at radius 2 is 1.84 bits per heavy atom. The molecule has 19 heavy (non-hydrogen) atoms. The molecule has 0 atom stereocenters. The van der Waals surface area contributed by atoms with Gasteiger partial charge in [0, 0.05) is 21.8 Å². The Hall–Kier alpha value is -1.46. The second-order valence-electron chi connectivity index (χ2n) is 3.71. The fourth-order valence-electron chi connectivity index (χ4n) is 1.41. The number of benzene rings is 2. The van der Waals surface area contributed by atoms with Crippen LogP contribution in [0.4, 0.5) is 14.5 Å². The van der Waals surface area contributed by atoms with Gasteiger partial charge in [0.25, 0.3) is 5.91 Å². The van der Waals surface area contributed by atoms with Gasteiger partial charge in [-0.3, -0.25) is 4.79 Å². The maximum atomic E-state index is 13.0. The number of amides is 1. The van der Waals surface area contributed by atoms with Crippen LogP contribution in [-0.2, 0) is 0 Å². The number of nitrogens with one attached hydrogen (secondary N) is 1. The summed E-state index contributed by atoms with van der Waals surface area (Å²) in [4.78, 5) is 11.9. The van der Waals surface area contributed by atoms with Gasteiger partial charge >= 0.3 is 0 Å². The first kappa shape index (κ1) is 14.0. The molecule has 0 bridgehead atoms. The van der Waals surface area contributed by atoms with Crippen molar-refractivity contribution in [3.8, 4) is 0 Å². The van der Waals surface area contributed by atoms with Crippen molar-refractivity contribution >= 4 is 39.1 Å². The van der Waals surface area contributed by atoms with Crippen molar-refractivity contribution in [1.82, 2.24) is 0 Å². The van der Waals surface area contributed by atoms with E-state index in [1.54, 1.807) is 12.1 Å². The molecule has 0 heterocycles. The molecule has 6 heteroatoms. The molecule has 98 valence electrons. The Kier molecular flexibility index (Phi) is 4.17. The predicted octanol–water partition coefficient (Wildman–Crippen LogP) is 4.63. The zero-order valence-electron chi connectivity index (χ0n) is 9.38. The third-order valence-corrected chi connectivity index (χ3v) is 3.59. The van der Waals surface area contributed by atoms with E-state index < -0.39 is 17.5 Å². The minimum atomic E-state index is -1.02. The SMILES string of the molecule is O=C(Nc1ccc(F)c(F)c1)c1ccc(Br)c(Cl)c1. The van der Waals surface area contributed by atoms with Crippen molar-refractivity contribution in [2.75, 3.05) is 5.32 Å². The number of carbonyl (C=O) groups is 1. The molecule has 0 unspecified atom stereocenters. The highest BCUT2D eigenvalue weighted by Crippen LogP contribution is 2.23. The van der Waals surface area contributed by atoms with Gasteiger partial charge < -0.3 is 5.32 Å². The molecule has 2 nitrogen and oxygen atoms in total. The number of halogens is 4. The second-order valence-corrected chi connectivity index (χ2v) is 4.97. The molecule has 0 aromatic heterocycles. The van der Waals surface area contributed by atoms with Crippen molar-refractivity contribution in [3.05, 3.63) is 63.1 Å². The molecule has 0 saturated heterocycles. The number of hydrogen-bond acceptors (Lipinski definition) is 1. The molecule has 0 saturated carbocycles. The zero-order valence-corrected chi connectivity index (χ0v) is 11.7. The lowest BCUT2D eigenvalue weighted by Gasteiger charge is -2.06. The van der Waals surface area contributed by atoms with Crippen LogP contribution in [0.5, 0.6) is 0 Å². The third kappa shape index (κ3) is 3.30. The molecule has 2 aromatic carbocycles. The Morgan fingerprint density at radius 1 is 1.11 bits per heavy atom. The van der Waals surface area contributed by atoms with Crippen LogP contribution < -0.4 is 5.32 Å². The molecule has 2 aromatic rings. The van der Waals surface area contributed by atoms with E-state index in [0.717, 1.165) is 12.1 Å². The van der Waals surface area contributed by atoms with Crippen molar-refractivity contribution in [2.45, 2.75) is 0 Å². The summed E-state index contributed by atoms with van der Waals surface area (Å²) in [5.74, 6) is -2.45. The lowest BCUT2D eigenvalue weighted by molar-refractivity contribution is 0.102. The van der Waals surface area contributed by atoms with Gasteiger partial charge in [0.15, 0.2) is 11.6 Å². The maximum Gasteiger partial charge on any atom is 0.255 e. The summed E-state index contributed by atoms with van der Waals surface area (Å²) in [6, 6.07) is 7.79. The van der Waals surface area contributed by atoms with Crippen LogP contribution >= 0.6 is 27.5 Å². The van der Waals surface area contributed by atoms with Gasteiger partial charge in [0.1, 0.15) is 0 Å². The molecule has 2 rings (SSSR count). The molecule has 1 N–H and O–H groups in total. The molecule has 0 fully saturated rings. The van der Waals surface area contributed by atoms with Gasteiger partial charge in [-0.1, -0.05) is 11.6 Å². The van der Waals surface area contributed by atoms with Crippen molar-refractivity contribution < 1.29 is 13.6 Å². The van der Waals surface area contributed by atoms with Crippen LogP contribution in [0.15, 0.2) is 40.9 Å². The first-order valence-electron chi connectivity index (χ1n) is 5.19. The summed E-state index contributed by atoms with van der Waals surface area (Å²) in [7, 11) is 0. The standard InChI is InChI=1S/C13H7BrClF2NO/c14-9-3-1-7(5-10(9)15)13(19)18-8-2-4-11(16)12(17)6-8/h1-6H,(H,18,19). The van der Waals surface area contributed by atoms with Gasteiger partial charge in [-0.15, -0.1) is 0 Å². The van der Waals surface area contributed by atoms with E-state index in [9.17, 15) is 13.6 Å². The summed E-state index contributed by atoms with van der Waals surface area (Å²) in [5, 5.41) is 2.84. The largest absolute Gasteiger partial charge is 0.322 e. The van der Waals surface area contributed by atoms with Gasteiger partial charge in [-0.2, -0.15) is 0 Å². The quantitative estimate of drug-likeness (QED) is 0.844. The average molecular weight is 347 g/mol. The number of anilines is 1. The number of rotatable bonds is 2. The lowest BCUT2D eigenvalue weighted by atomic mass is 10.2. The zero-order chi connectivity index (χ0) is 14.0. The summed E-state index contributed by atoms with van der Waals surface area (Å²) in [5.41, 5.74) is 0.487. The van der Waals surface area contributed by atoms with Gasteiger partial charge in [-0.25, -0.2) is 8.78 Å². The van der Waals surface area contributed by atoms with Crippen molar-refractivity contribution in [3.63, 3.8) is 0 Å². The lowest BCUT2D eigenvalue weighted by Crippen LogP contribution is -2.12. The fraction of sp³-hybridized carbons (Fsp3) is 0. The highest BCUT2D eigenvalue weighted by Gasteiger charge is 2.10. The van der Waals surface area contributed by atoms with Crippen LogP contribution in [0.1, 0.15) is 10.4 Å². The minimum absolute atomic E-state index is 0.169. The number of hydrogen-bond donors (Lipinski definition) is 1. The molecule has 1 amide bonds. The Bertz CT molecular complexity index is 649. The van der Waals surface area contributed by atoms with E-state index in [4.69, 9.17) is 11.6 Å². The van der Waals surface area contributed by atoms with Gasteiger partial charge in [0.05, 0.1) is 5.02 Å². The average Bonchev–Trinajstić information content (AvgIpc) is 2.37. The van der Waals surface area contributed by atoms with E-state index in [1.165, 1.54) is 12.1 Å². The van der Waals surface area contributed by atoms with Crippen LogP contribution in [0.3, 0.4) is 0 Å². The molecule has 0 spiro atoms. The number of carbonyl (C=O) groups excluding carboxylic acids is 1. The van der Waals surface area contributed by atoms with E-state index in [1.807, 2.05) is 0 Å². The van der Waals surface area contributed by atoms with Gasteiger partial charge in [-0.05, 0) is 46.3 Å². The smallest absolute Gasteiger partial charge is 0.255 e. The molecule has 0 aliphatic rings. The third-order valence-electron chi connectivity index (χ3n) is 2.36. The molecular weight excluding hydrogens is 340 g/mol. The highest BCUT2D eigenvalue weighted by molar-refractivity contribution is 9.10. The molecule has 0 aliphatic carbocycles.